The van der Waals surface area contributed by atoms with Crippen LogP contribution in [0.25, 0.3) is 10.9 Å². The lowest BCUT2D eigenvalue weighted by Gasteiger charge is -2.38. The monoisotopic (exact) mass is 505 g/mol. The van der Waals surface area contributed by atoms with Crippen molar-refractivity contribution in [1.29, 1.82) is 5.26 Å². The molecule has 1 aromatic heterocycles. The Balaban J connectivity index is 1.37. The quantitative estimate of drug-likeness (QED) is 0.344. The highest BCUT2D eigenvalue weighted by atomic mass is 28.4. The number of carbonyl (C=O) groups is 2. The highest BCUT2D eigenvalue weighted by Gasteiger charge is 2.86. The summed E-state index contributed by atoms with van der Waals surface area (Å²) in [5.41, 5.74) is -0.392. The Kier molecular flexibility index (Phi) is 4.76. The van der Waals surface area contributed by atoms with Crippen LogP contribution >= 0.6 is 0 Å². The molecule has 5 heterocycles. The molecule has 188 valence electrons. The summed E-state index contributed by atoms with van der Waals surface area (Å²) in [6, 6.07) is 8.98. The van der Waals surface area contributed by atoms with Crippen LogP contribution in [0.5, 0.6) is 0 Å². The molecule has 6 rings (SSSR count). The van der Waals surface area contributed by atoms with Gasteiger partial charge in [-0.15, -0.1) is 0 Å². The Bertz CT molecular complexity index is 1360. The van der Waals surface area contributed by atoms with E-state index in [4.69, 9.17) is 13.9 Å². The molecule has 0 spiro atoms. The van der Waals surface area contributed by atoms with Crippen molar-refractivity contribution in [3.63, 3.8) is 0 Å². The van der Waals surface area contributed by atoms with Crippen molar-refractivity contribution in [3.8, 4) is 6.07 Å². The normalized spacial score (nSPS) is 34.8. The van der Waals surface area contributed by atoms with E-state index >= 15 is 0 Å². The van der Waals surface area contributed by atoms with Crippen molar-refractivity contribution in [2.24, 2.45) is 11.8 Å². The van der Waals surface area contributed by atoms with Crippen LogP contribution in [0, 0.1) is 23.2 Å². The Morgan fingerprint density at radius 2 is 1.89 bits per heavy atom. The molecule has 2 amide bonds. The van der Waals surface area contributed by atoms with E-state index in [-0.39, 0.29) is 29.1 Å². The second-order valence-corrected chi connectivity index (χ2v) is 17.0. The van der Waals surface area contributed by atoms with E-state index in [0.29, 0.717) is 35.2 Å². The number of carbonyl (C=O) groups excluding carboxylic acids is 2. The number of rotatable bonds is 5. The van der Waals surface area contributed by atoms with Crippen LogP contribution in [-0.4, -0.2) is 55.1 Å². The molecule has 4 aliphatic rings. The van der Waals surface area contributed by atoms with Crippen LogP contribution < -0.4 is 4.90 Å². The summed E-state index contributed by atoms with van der Waals surface area (Å²) in [5, 5.41) is 10.2. The molecule has 0 unspecified atom stereocenters. The SMILES string of the molecule is CC(C)(C)[Si](C)(C)OCC[C@]12O[C@](C)([C@@H]3O[C@@H]31)[C@H]1C(=O)N(c3ccc(C#N)c4ncccc34)C(=O)[C@H]12. The third-order valence-electron chi connectivity index (χ3n) is 9.27. The molecule has 8 nitrogen and oxygen atoms in total. The number of fused-ring (bicyclic) bond motifs is 9. The highest BCUT2D eigenvalue weighted by Crippen LogP contribution is 2.69. The lowest BCUT2D eigenvalue weighted by molar-refractivity contribution is -0.145. The third-order valence-corrected chi connectivity index (χ3v) is 13.8. The first kappa shape index (κ1) is 23.7. The van der Waals surface area contributed by atoms with Crippen LogP contribution in [0.15, 0.2) is 30.5 Å². The van der Waals surface area contributed by atoms with Crippen molar-refractivity contribution >= 4 is 36.7 Å². The number of nitriles is 1. The van der Waals surface area contributed by atoms with E-state index in [1.54, 1.807) is 30.5 Å². The molecule has 4 aliphatic heterocycles. The summed E-state index contributed by atoms with van der Waals surface area (Å²) >= 11 is 0. The Morgan fingerprint density at radius 3 is 2.58 bits per heavy atom. The van der Waals surface area contributed by atoms with Crippen molar-refractivity contribution < 1.29 is 23.5 Å². The number of amides is 2. The van der Waals surface area contributed by atoms with Gasteiger partial charge in [-0.2, -0.15) is 5.26 Å². The molecule has 6 atom stereocenters. The van der Waals surface area contributed by atoms with Gasteiger partial charge in [0.25, 0.3) is 0 Å². The lowest BCUT2D eigenvalue weighted by atomic mass is 9.67. The summed E-state index contributed by atoms with van der Waals surface area (Å²) in [6.07, 6.45) is 1.71. The number of hydrogen-bond donors (Lipinski definition) is 0. The molecule has 1 aromatic carbocycles. The Labute approximate surface area is 211 Å². The van der Waals surface area contributed by atoms with Gasteiger partial charge in [0.2, 0.25) is 11.8 Å². The molecular weight excluding hydrogens is 474 g/mol. The van der Waals surface area contributed by atoms with E-state index in [2.05, 4.69) is 44.9 Å². The summed E-state index contributed by atoms with van der Waals surface area (Å²) in [7, 11) is -2.00. The number of imide groups is 1. The van der Waals surface area contributed by atoms with Crippen LogP contribution in [0.3, 0.4) is 0 Å². The number of benzene rings is 1. The molecule has 4 saturated heterocycles. The molecule has 2 aromatic rings. The average molecular weight is 506 g/mol. The predicted octanol–water partition coefficient (Wildman–Crippen LogP) is 3.93. The maximum atomic E-state index is 14.1. The highest BCUT2D eigenvalue weighted by molar-refractivity contribution is 6.74. The van der Waals surface area contributed by atoms with Crippen LogP contribution in [0.2, 0.25) is 18.1 Å². The van der Waals surface area contributed by atoms with E-state index in [1.807, 2.05) is 6.92 Å². The maximum absolute atomic E-state index is 14.1. The standard InChI is InChI=1S/C27H31N3O5Si/c1-25(2,3)36(5,6)33-13-11-27-19-18(26(4,35-27)21-22(27)34-21)23(31)30(24(19)32)17-10-9-15(14-28)20-16(17)8-7-12-29-20/h7-10,12,18-19,21-22H,11,13H2,1-6H3/t18-,19+,21-,22+,26+,27-/m1/s1. The number of nitrogens with zero attached hydrogens (tertiary/aromatic N) is 3. The van der Waals surface area contributed by atoms with Crippen molar-refractivity contribution in [3.05, 3.63) is 36.0 Å². The minimum absolute atomic E-state index is 0.0627. The summed E-state index contributed by atoms with van der Waals surface area (Å²) < 4.78 is 19.1. The van der Waals surface area contributed by atoms with Crippen molar-refractivity contribution in [1.82, 2.24) is 4.98 Å². The smallest absolute Gasteiger partial charge is 0.240 e. The Morgan fingerprint density at radius 1 is 1.17 bits per heavy atom. The summed E-state index contributed by atoms with van der Waals surface area (Å²) in [5.74, 6) is -1.80. The molecule has 0 saturated carbocycles. The summed E-state index contributed by atoms with van der Waals surface area (Å²) in [4.78, 5) is 33.6. The fourth-order valence-corrected chi connectivity index (χ4v) is 7.42. The van der Waals surface area contributed by atoms with Gasteiger partial charge in [0.1, 0.15) is 29.5 Å². The molecule has 9 heteroatoms. The topological polar surface area (TPSA) is 105 Å². The van der Waals surface area contributed by atoms with Gasteiger partial charge in [-0.25, -0.2) is 4.90 Å². The van der Waals surface area contributed by atoms with Crippen LogP contribution in [0.1, 0.15) is 39.7 Å². The minimum Gasteiger partial charge on any atom is -0.417 e. The third kappa shape index (κ3) is 2.87. The molecule has 2 bridgehead atoms. The first-order valence-corrected chi connectivity index (χ1v) is 15.4. The van der Waals surface area contributed by atoms with E-state index < -0.39 is 31.4 Å². The fraction of sp³-hybridized carbons (Fsp3) is 0.556. The first-order valence-electron chi connectivity index (χ1n) is 12.5. The van der Waals surface area contributed by atoms with Gasteiger partial charge in [0.05, 0.1) is 28.6 Å². The number of epoxide rings is 1. The largest absolute Gasteiger partial charge is 0.417 e. The second-order valence-electron chi connectivity index (χ2n) is 12.2. The minimum atomic E-state index is -2.00. The van der Waals surface area contributed by atoms with E-state index in [0.717, 1.165) is 0 Å². The van der Waals surface area contributed by atoms with Gasteiger partial charge >= 0.3 is 0 Å². The predicted molar refractivity (Wildman–Crippen MR) is 135 cm³/mol. The van der Waals surface area contributed by atoms with Gasteiger partial charge in [0.15, 0.2) is 8.32 Å². The molecule has 36 heavy (non-hydrogen) atoms. The molecule has 0 radical (unpaired) electrons. The van der Waals surface area contributed by atoms with Gasteiger partial charge in [-0.1, -0.05) is 20.8 Å². The molecule has 0 aliphatic carbocycles. The van der Waals surface area contributed by atoms with Crippen molar-refractivity contribution in [2.75, 3.05) is 11.5 Å². The number of pyridine rings is 1. The van der Waals surface area contributed by atoms with Crippen LogP contribution in [0.4, 0.5) is 5.69 Å². The zero-order valence-electron chi connectivity index (χ0n) is 21.5. The fourth-order valence-electron chi connectivity index (χ4n) is 6.38. The summed E-state index contributed by atoms with van der Waals surface area (Å²) in [6.45, 7) is 13.3. The first-order chi connectivity index (χ1) is 16.9. The number of ether oxygens (including phenoxy) is 2. The molecule has 4 fully saturated rings. The molecular formula is C27H31N3O5Si. The zero-order valence-corrected chi connectivity index (χ0v) is 22.5. The number of anilines is 1. The lowest BCUT2D eigenvalue weighted by Crippen LogP contribution is -2.49. The van der Waals surface area contributed by atoms with Crippen LogP contribution in [-0.2, 0) is 23.5 Å². The molecule has 0 N–H and O–H groups in total. The second kappa shape index (κ2) is 7.23. The number of hydrogen-bond acceptors (Lipinski definition) is 7. The van der Waals surface area contributed by atoms with Gasteiger partial charge in [-0.3, -0.25) is 14.6 Å². The van der Waals surface area contributed by atoms with Crippen molar-refractivity contribution in [2.45, 2.75) is 75.7 Å². The zero-order chi connectivity index (χ0) is 25.8. The van der Waals surface area contributed by atoms with Gasteiger partial charge in [-0.05, 0) is 49.3 Å². The van der Waals surface area contributed by atoms with E-state index in [1.165, 1.54) is 4.90 Å². The maximum Gasteiger partial charge on any atom is 0.240 e. The van der Waals surface area contributed by atoms with Gasteiger partial charge in [0, 0.05) is 24.6 Å². The van der Waals surface area contributed by atoms with Gasteiger partial charge < -0.3 is 13.9 Å². The number of aromatic nitrogens is 1. The Hall–Kier alpha value is -2.64. The average Bonchev–Trinajstić information content (AvgIpc) is 3.48. The van der Waals surface area contributed by atoms with E-state index in [9.17, 15) is 14.9 Å².